The molecular weight excluding hydrogens is 279 g/mol. The third kappa shape index (κ3) is 3.98. The number of benzene rings is 2. The third-order valence-corrected chi connectivity index (χ3v) is 3.28. The summed E-state index contributed by atoms with van der Waals surface area (Å²) < 4.78 is 38.9. The maximum atomic E-state index is 13.0. The van der Waals surface area contributed by atoms with Crippen LogP contribution < -0.4 is 5.32 Å². The minimum absolute atomic E-state index is 0.161. The number of halogens is 3. The van der Waals surface area contributed by atoms with Gasteiger partial charge in [0.2, 0.25) is 0 Å². The van der Waals surface area contributed by atoms with E-state index in [4.69, 9.17) is 0 Å². The molecule has 21 heavy (non-hydrogen) atoms. The average molecular weight is 295 g/mol. The predicted molar refractivity (Wildman–Crippen MR) is 74.8 cm³/mol. The number of phenolic OH excluding ortho intramolecular Hbond substituents is 1. The highest BCUT2D eigenvalue weighted by Crippen LogP contribution is 2.34. The molecule has 1 unspecified atom stereocenters. The molecule has 0 saturated carbocycles. The second-order valence-corrected chi connectivity index (χ2v) is 4.85. The summed E-state index contributed by atoms with van der Waals surface area (Å²) in [5.74, 6) is 0.161. The minimum Gasteiger partial charge on any atom is -0.508 e. The Morgan fingerprint density at radius 2 is 1.67 bits per heavy atom. The summed E-state index contributed by atoms with van der Waals surface area (Å²) in [5, 5.41) is 12.3. The molecule has 0 radical (unpaired) electrons. The van der Waals surface area contributed by atoms with Crippen LogP contribution in [0.15, 0.2) is 48.5 Å². The highest BCUT2D eigenvalue weighted by atomic mass is 19.4. The fraction of sp³-hybridized carbons (Fsp3) is 0.250. The molecular formula is C16H16F3NO. The molecule has 0 amide bonds. The lowest BCUT2D eigenvalue weighted by Crippen LogP contribution is -2.21. The van der Waals surface area contributed by atoms with Gasteiger partial charge in [0, 0.05) is 12.6 Å². The summed E-state index contributed by atoms with van der Waals surface area (Å²) in [6, 6.07) is 11.7. The van der Waals surface area contributed by atoms with E-state index in [2.05, 4.69) is 5.32 Å². The van der Waals surface area contributed by atoms with Gasteiger partial charge in [-0.15, -0.1) is 0 Å². The number of hydrogen-bond acceptors (Lipinski definition) is 2. The normalized spacial score (nSPS) is 13.1. The molecule has 2 rings (SSSR count). The quantitative estimate of drug-likeness (QED) is 0.883. The first kappa shape index (κ1) is 15.4. The number of alkyl halides is 3. The van der Waals surface area contributed by atoms with Crippen LogP contribution in [0.25, 0.3) is 0 Å². The molecule has 2 aromatic rings. The van der Waals surface area contributed by atoms with E-state index < -0.39 is 17.8 Å². The average Bonchev–Trinajstić information content (AvgIpc) is 2.45. The second-order valence-electron chi connectivity index (χ2n) is 4.85. The van der Waals surface area contributed by atoms with E-state index in [0.29, 0.717) is 6.54 Å². The molecule has 0 aromatic heterocycles. The monoisotopic (exact) mass is 295 g/mol. The van der Waals surface area contributed by atoms with Crippen LogP contribution in [0.3, 0.4) is 0 Å². The van der Waals surface area contributed by atoms with E-state index in [1.54, 1.807) is 37.3 Å². The van der Waals surface area contributed by atoms with E-state index in [1.165, 1.54) is 12.1 Å². The number of phenols is 1. The van der Waals surface area contributed by atoms with Crippen molar-refractivity contribution in [2.75, 3.05) is 0 Å². The van der Waals surface area contributed by atoms with Crippen molar-refractivity contribution in [1.29, 1.82) is 0 Å². The van der Waals surface area contributed by atoms with Gasteiger partial charge < -0.3 is 10.4 Å². The number of rotatable bonds is 4. The zero-order chi connectivity index (χ0) is 15.5. The third-order valence-electron chi connectivity index (χ3n) is 3.28. The molecule has 1 atom stereocenters. The fourth-order valence-corrected chi connectivity index (χ4v) is 2.13. The van der Waals surface area contributed by atoms with Crippen LogP contribution in [0.1, 0.15) is 29.7 Å². The van der Waals surface area contributed by atoms with Gasteiger partial charge >= 0.3 is 6.18 Å². The lowest BCUT2D eigenvalue weighted by molar-refractivity contribution is -0.138. The zero-order valence-electron chi connectivity index (χ0n) is 11.5. The standard InChI is InChI=1S/C16H16F3NO/c1-11(20-10-12-6-8-13(21)9-7-12)14-4-2-3-5-15(14)16(17,18)19/h2-9,11,20-21H,10H2,1H3. The Labute approximate surface area is 121 Å². The molecule has 5 heteroatoms. The Hall–Kier alpha value is -2.01. The maximum Gasteiger partial charge on any atom is 0.416 e. The van der Waals surface area contributed by atoms with E-state index in [0.717, 1.165) is 11.6 Å². The van der Waals surface area contributed by atoms with Crippen LogP contribution in [0, 0.1) is 0 Å². The summed E-state index contributed by atoms with van der Waals surface area (Å²) >= 11 is 0. The van der Waals surface area contributed by atoms with Gasteiger partial charge in [0.05, 0.1) is 5.56 Å². The van der Waals surface area contributed by atoms with Crippen molar-refractivity contribution in [1.82, 2.24) is 5.32 Å². The van der Waals surface area contributed by atoms with Crippen molar-refractivity contribution < 1.29 is 18.3 Å². The van der Waals surface area contributed by atoms with Crippen LogP contribution in [0.5, 0.6) is 5.75 Å². The minimum atomic E-state index is -4.36. The summed E-state index contributed by atoms with van der Waals surface area (Å²) in [5.41, 5.74) is 0.503. The molecule has 2 aromatic carbocycles. The zero-order valence-corrected chi connectivity index (χ0v) is 11.5. The Kier molecular flexibility index (Phi) is 4.53. The summed E-state index contributed by atoms with van der Waals surface area (Å²) in [6.45, 7) is 2.12. The first-order valence-corrected chi connectivity index (χ1v) is 6.55. The lowest BCUT2D eigenvalue weighted by Gasteiger charge is -2.19. The summed E-state index contributed by atoms with van der Waals surface area (Å²) in [7, 11) is 0. The molecule has 112 valence electrons. The topological polar surface area (TPSA) is 32.3 Å². The SMILES string of the molecule is CC(NCc1ccc(O)cc1)c1ccccc1C(F)(F)F. The molecule has 2 N–H and O–H groups in total. The van der Waals surface area contributed by atoms with Crippen molar-refractivity contribution in [2.45, 2.75) is 25.7 Å². The molecule has 0 heterocycles. The highest BCUT2D eigenvalue weighted by Gasteiger charge is 2.33. The van der Waals surface area contributed by atoms with Crippen LogP contribution >= 0.6 is 0 Å². The highest BCUT2D eigenvalue weighted by molar-refractivity contribution is 5.32. The van der Waals surface area contributed by atoms with Gasteiger partial charge in [0.25, 0.3) is 0 Å². The lowest BCUT2D eigenvalue weighted by atomic mass is 10.0. The van der Waals surface area contributed by atoms with Gasteiger partial charge in [-0.3, -0.25) is 0 Å². The van der Waals surface area contributed by atoms with Crippen molar-refractivity contribution >= 4 is 0 Å². The molecule has 0 saturated heterocycles. The van der Waals surface area contributed by atoms with Gasteiger partial charge in [0.15, 0.2) is 0 Å². The molecule has 0 bridgehead atoms. The smallest absolute Gasteiger partial charge is 0.416 e. The van der Waals surface area contributed by atoms with Crippen molar-refractivity contribution in [3.8, 4) is 5.75 Å². The summed E-state index contributed by atoms with van der Waals surface area (Å²) in [6.07, 6.45) is -4.36. The molecule has 0 spiro atoms. The first-order valence-electron chi connectivity index (χ1n) is 6.55. The van der Waals surface area contributed by atoms with Crippen LogP contribution in [-0.4, -0.2) is 5.11 Å². The van der Waals surface area contributed by atoms with Gasteiger partial charge in [-0.2, -0.15) is 13.2 Å². The van der Waals surface area contributed by atoms with Gasteiger partial charge in [0.1, 0.15) is 5.75 Å². The number of hydrogen-bond donors (Lipinski definition) is 2. The Morgan fingerprint density at radius 1 is 1.05 bits per heavy atom. The van der Waals surface area contributed by atoms with Crippen molar-refractivity contribution in [3.05, 3.63) is 65.2 Å². The molecule has 0 aliphatic heterocycles. The van der Waals surface area contributed by atoms with Gasteiger partial charge in [-0.05, 0) is 36.2 Å². The Balaban J connectivity index is 2.10. The molecule has 2 nitrogen and oxygen atoms in total. The van der Waals surface area contributed by atoms with E-state index >= 15 is 0 Å². The molecule has 0 fully saturated rings. The van der Waals surface area contributed by atoms with Gasteiger partial charge in [-0.25, -0.2) is 0 Å². The van der Waals surface area contributed by atoms with E-state index in [1.807, 2.05) is 0 Å². The Bertz CT molecular complexity index is 593. The second kappa shape index (κ2) is 6.18. The first-order chi connectivity index (χ1) is 9.88. The van der Waals surface area contributed by atoms with Crippen LogP contribution in [-0.2, 0) is 12.7 Å². The number of aromatic hydroxyl groups is 1. The van der Waals surface area contributed by atoms with Crippen LogP contribution in [0.2, 0.25) is 0 Å². The molecule has 0 aliphatic carbocycles. The van der Waals surface area contributed by atoms with Gasteiger partial charge in [-0.1, -0.05) is 30.3 Å². The molecule has 0 aliphatic rings. The fourth-order valence-electron chi connectivity index (χ4n) is 2.13. The predicted octanol–water partition coefficient (Wildman–Crippen LogP) is 4.26. The largest absolute Gasteiger partial charge is 0.508 e. The van der Waals surface area contributed by atoms with E-state index in [9.17, 15) is 18.3 Å². The maximum absolute atomic E-state index is 13.0. The number of nitrogens with one attached hydrogen (secondary N) is 1. The Morgan fingerprint density at radius 3 is 2.29 bits per heavy atom. The van der Waals surface area contributed by atoms with Crippen molar-refractivity contribution in [2.24, 2.45) is 0 Å². The van der Waals surface area contributed by atoms with Crippen molar-refractivity contribution in [3.63, 3.8) is 0 Å². The van der Waals surface area contributed by atoms with Crippen LogP contribution in [0.4, 0.5) is 13.2 Å². The van der Waals surface area contributed by atoms with E-state index in [-0.39, 0.29) is 11.3 Å². The summed E-state index contributed by atoms with van der Waals surface area (Å²) in [4.78, 5) is 0.